The number of methoxy groups -OCH3 is 1. The molecule has 3 heterocycles. The molecule has 3 saturated carbocycles. The van der Waals surface area contributed by atoms with Crippen LogP contribution in [0, 0.1) is 23.2 Å². The summed E-state index contributed by atoms with van der Waals surface area (Å²) in [6.45, 7) is 8.84. The number of halogens is 2. The van der Waals surface area contributed by atoms with Gasteiger partial charge in [-0.3, -0.25) is 19.1 Å². The summed E-state index contributed by atoms with van der Waals surface area (Å²) in [4.78, 5) is 68.3. The van der Waals surface area contributed by atoms with Crippen LogP contribution in [0.5, 0.6) is 11.6 Å². The third-order valence-electron chi connectivity index (χ3n) is 13.3. The average Bonchev–Trinajstić information content (AvgIpc) is 4.10. The van der Waals surface area contributed by atoms with Crippen LogP contribution in [0.4, 0.5) is 13.6 Å². The van der Waals surface area contributed by atoms with Crippen molar-refractivity contribution in [3.63, 3.8) is 0 Å². The number of alkyl halides is 2. The average molecular weight is 861 g/mol. The summed E-state index contributed by atoms with van der Waals surface area (Å²) in [5.41, 5.74) is -2.19. The van der Waals surface area contributed by atoms with Gasteiger partial charge in [0.05, 0.1) is 35.9 Å². The maximum Gasteiger partial charge on any atom is 0.408 e. The Morgan fingerprint density at radius 3 is 2.45 bits per heavy atom. The van der Waals surface area contributed by atoms with Crippen molar-refractivity contribution >= 4 is 44.9 Å². The first-order chi connectivity index (χ1) is 28.3. The molecule has 1 aromatic carbocycles. The molecule has 1 saturated heterocycles. The van der Waals surface area contributed by atoms with Crippen LogP contribution in [-0.4, -0.2) is 102 Å². The molecule has 2 aliphatic heterocycles. The molecule has 3 aliphatic carbocycles. The fourth-order valence-electron chi connectivity index (χ4n) is 9.49. The van der Waals surface area contributed by atoms with Crippen LogP contribution in [0.2, 0.25) is 0 Å². The Hall–Kier alpha value is -4.35. The molecule has 1 unspecified atom stereocenters. The number of fused-ring (bicyclic) bond motifs is 5. The number of aromatic nitrogens is 2. The summed E-state index contributed by atoms with van der Waals surface area (Å²) in [5.74, 6) is -4.39. The Morgan fingerprint density at radius 2 is 1.80 bits per heavy atom. The van der Waals surface area contributed by atoms with Crippen molar-refractivity contribution in [1.29, 1.82) is 0 Å². The predicted molar refractivity (Wildman–Crippen MR) is 216 cm³/mol. The lowest BCUT2D eigenvalue weighted by molar-refractivity contribution is -0.144. The Balaban J connectivity index is 1.29. The van der Waals surface area contributed by atoms with E-state index in [9.17, 15) is 31.6 Å². The molecule has 4 fully saturated rings. The van der Waals surface area contributed by atoms with E-state index in [0.717, 1.165) is 38.5 Å². The van der Waals surface area contributed by atoms with Crippen molar-refractivity contribution in [1.82, 2.24) is 30.2 Å². The molecule has 3 N–H and O–H groups in total. The highest BCUT2D eigenvalue weighted by atomic mass is 32.2. The fourth-order valence-corrected chi connectivity index (χ4v) is 10.9. The largest absolute Gasteiger partial charge is 0.497 e. The van der Waals surface area contributed by atoms with E-state index in [0.29, 0.717) is 48.2 Å². The van der Waals surface area contributed by atoms with E-state index in [1.54, 1.807) is 46.9 Å². The van der Waals surface area contributed by atoms with Crippen LogP contribution in [0.1, 0.15) is 111 Å². The van der Waals surface area contributed by atoms with E-state index < -0.39 is 98.5 Å². The first-order valence-electron chi connectivity index (χ1n) is 21.3. The van der Waals surface area contributed by atoms with Gasteiger partial charge < -0.3 is 29.7 Å². The molecule has 15 nitrogen and oxygen atoms in total. The van der Waals surface area contributed by atoms with Crippen molar-refractivity contribution in [3.05, 3.63) is 23.9 Å². The molecular weight excluding hydrogens is 803 g/mol. The van der Waals surface area contributed by atoms with E-state index in [1.165, 1.54) is 4.90 Å². The van der Waals surface area contributed by atoms with Gasteiger partial charge in [-0.1, -0.05) is 40.5 Å². The molecule has 4 amide bonds. The maximum absolute atomic E-state index is 15.0. The van der Waals surface area contributed by atoms with Crippen LogP contribution in [0.3, 0.4) is 0 Å². The van der Waals surface area contributed by atoms with Crippen LogP contribution in [-0.2, 0) is 35.6 Å². The number of amides is 4. The maximum atomic E-state index is 15.0. The number of alkyl carbamates (subject to hydrolysis) is 1. The van der Waals surface area contributed by atoms with Crippen LogP contribution < -0.4 is 24.8 Å². The number of hydrogen-bond donors (Lipinski definition) is 3. The lowest BCUT2D eigenvalue weighted by atomic mass is 9.85. The van der Waals surface area contributed by atoms with Gasteiger partial charge in [-0.2, -0.15) is 0 Å². The van der Waals surface area contributed by atoms with Gasteiger partial charge in [-0.25, -0.2) is 32.0 Å². The molecular formula is C42H58F2N6O9S. The number of rotatable bonds is 8. The number of nitrogens with one attached hydrogen (secondary N) is 3. The monoisotopic (exact) mass is 860 g/mol. The topological polar surface area (TPSA) is 195 Å². The fraction of sp³-hybridized carbons (Fsp3) is 0.714. The molecule has 330 valence electrons. The van der Waals surface area contributed by atoms with E-state index in [2.05, 4.69) is 10.6 Å². The number of ether oxygens (including phenoxy) is 3. The Labute approximate surface area is 349 Å². The first-order valence-corrected chi connectivity index (χ1v) is 22.8. The third kappa shape index (κ3) is 8.71. The van der Waals surface area contributed by atoms with Crippen molar-refractivity contribution in [2.24, 2.45) is 23.2 Å². The minimum Gasteiger partial charge on any atom is -0.497 e. The number of sulfonamides is 1. The zero-order valence-electron chi connectivity index (χ0n) is 35.2. The SMILES string of the molecule is CC[C@@H]1[C@@H]2CN(C(=O)[C@H](C(C)(C)C)NC(=O)O[C@]3(C)CCC[C@H]3CCCCCc3nc4ccc(OC)cc4nc3O2)[C@@H]1C(=O)N[C@]1(C(=O)NS(=O)(=O)C2CC2)CC1C(F)F. The molecule has 18 heteroatoms. The van der Waals surface area contributed by atoms with E-state index in [4.69, 9.17) is 24.2 Å². The second-order valence-electron chi connectivity index (χ2n) is 18.6. The summed E-state index contributed by atoms with van der Waals surface area (Å²) in [6.07, 6.45) is 2.03. The minimum absolute atomic E-state index is 0.112. The van der Waals surface area contributed by atoms with E-state index in [1.807, 2.05) is 17.7 Å². The van der Waals surface area contributed by atoms with Gasteiger partial charge in [0, 0.05) is 12.0 Å². The van der Waals surface area contributed by atoms with Crippen molar-refractivity contribution in [3.8, 4) is 11.6 Å². The number of hydrogen-bond acceptors (Lipinski definition) is 11. The summed E-state index contributed by atoms with van der Waals surface area (Å²) >= 11 is 0. The molecule has 60 heavy (non-hydrogen) atoms. The van der Waals surface area contributed by atoms with Gasteiger partial charge in [0.25, 0.3) is 5.91 Å². The molecule has 8 atom stereocenters. The van der Waals surface area contributed by atoms with Crippen LogP contribution >= 0.6 is 0 Å². The number of benzene rings is 1. The summed E-state index contributed by atoms with van der Waals surface area (Å²) in [6, 6.07) is 2.72. The minimum atomic E-state index is -4.15. The molecule has 2 aromatic rings. The van der Waals surface area contributed by atoms with Gasteiger partial charge in [0.15, 0.2) is 0 Å². The highest BCUT2D eigenvalue weighted by Gasteiger charge is 2.67. The quantitative estimate of drug-likeness (QED) is 0.316. The highest BCUT2D eigenvalue weighted by Crippen LogP contribution is 2.49. The standard InChI is InChI=1S/C42H58F2N6O9S/c1-7-26-31-22-50(32(26)35(51)48-42(21-27(42)34(43)44)38(53)49-60(55,56)25-16-17-25)37(52)33(40(2,3)4)47-39(54)59-41(5)19-11-13-23(41)12-9-8-10-14-29-36(58-31)46-30-20-24(57-6)15-18-28(30)45-29/h15,18,20,23,25-27,31-34H,7-14,16-17,19,21-22H2,1-6H3,(H,47,54)(H,48,51)(H,49,53)/t23-,26-,27?,31+,32+,33-,41-,42-/m1/s1. The lowest BCUT2D eigenvalue weighted by Gasteiger charge is -2.37. The molecule has 1 aromatic heterocycles. The Morgan fingerprint density at radius 1 is 1.07 bits per heavy atom. The second kappa shape index (κ2) is 16.5. The van der Waals surface area contributed by atoms with E-state index in [-0.39, 0.29) is 24.8 Å². The van der Waals surface area contributed by atoms with Gasteiger partial charge in [-0.15, -0.1) is 0 Å². The van der Waals surface area contributed by atoms with Gasteiger partial charge >= 0.3 is 6.09 Å². The van der Waals surface area contributed by atoms with Crippen molar-refractivity contribution < 1.29 is 50.6 Å². The zero-order valence-corrected chi connectivity index (χ0v) is 36.0. The normalized spacial score (nSPS) is 31.5. The van der Waals surface area contributed by atoms with Gasteiger partial charge in [-0.05, 0) is 94.6 Å². The first kappa shape index (κ1) is 43.7. The molecule has 0 spiro atoms. The lowest BCUT2D eigenvalue weighted by Crippen LogP contribution is -2.61. The zero-order chi connectivity index (χ0) is 43.4. The highest BCUT2D eigenvalue weighted by molar-refractivity contribution is 7.91. The van der Waals surface area contributed by atoms with Crippen LogP contribution in [0.15, 0.2) is 18.2 Å². The summed E-state index contributed by atoms with van der Waals surface area (Å²) in [7, 11) is -2.61. The summed E-state index contributed by atoms with van der Waals surface area (Å²) < 4.78 is 74.6. The van der Waals surface area contributed by atoms with Crippen molar-refractivity contribution in [2.75, 3.05) is 13.7 Å². The Bertz CT molecular complexity index is 2120. The predicted octanol–water partition coefficient (Wildman–Crippen LogP) is 5.19. The van der Waals surface area contributed by atoms with Crippen molar-refractivity contribution in [2.45, 2.75) is 153 Å². The van der Waals surface area contributed by atoms with E-state index >= 15 is 4.79 Å². The van der Waals surface area contributed by atoms with Gasteiger partial charge in [0.1, 0.15) is 40.8 Å². The second-order valence-corrected chi connectivity index (χ2v) is 20.6. The number of carbonyl (C=O) groups excluding carboxylic acids is 4. The molecule has 0 radical (unpaired) electrons. The Kier molecular flexibility index (Phi) is 12.0. The smallest absolute Gasteiger partial charge is 0.408 e. The number of nitrogens with zero attached hydrogens (tertiary/aromatic N) is 3. The van der Waals surface area contributed by atoms with Crippen LogP contribution in [0.25, 0.3) is 11.0 Å². The van der Waals surface area contributed by atoms with Gasteiger partial charge in [0.2, 0.25) is 34.1 Å². The molecule has 5 aliphatic rings. The number of aryl methyl sites for hydroxylation is 1. The summed E-state index contributed by atoms with van der Waals surface area (Å²) in [5, 5.41) is 4.52. The third-order valence-corrected chi connectivity index (χ3v) is 15.1. The molecule has 7 rings (SSSR count). The molecule has 2 bridgehead atoms. The number of carbonyl (C=O) groups is 4.